The lowest BCUT2D eigenvalue weighted by Crippen LogP contribution is -1.87. The lowest BCUT2D eigenvalue weighted by molar-refractivity contribution is 0.399. The SMILES string of the molecule is COc1ccc2ccc3[nH]ccc3c2n1. The number of methoxy groups -OCH3 is 1. The maximum atomic E-state index is 5.13. The zero-order chi connectivity index (χ0) is 10.3. The summed E-state index contributed by atoms with van der Waals surface area (Å²) >= 11 is 0. The van der Waals surface area contributed by atoms with E-state index in [1.54, 1.807) is 7.11 Å². The number of H-pyrrole nitrogens is 1. The topological polar surface area (TPSA) is 37.9 Å². The average Bonchev–Trinajstić information content (AvgIpc) is 2.76. The summed E-state index contributed by atoms with van der Waals surface area (Å²) in [5.74, 6) is 0.649. The number of pyridine rings is 1. The van der Waals surface area contributed by atoms with Crippen LogP contribution in [-0.2, 0) is 0 Å². The van der Waals surface area contributed by atoms with Gasteiger partial charge in [-0.2, -0.15) is 0 Å². The Bertz CT molecular complexity index is 628. The Kier molecular flexibility index (Phi) is 1.65. The lowest BCUT2D eigenvalue weighted by atomic mass is 10.1. The molecule has 0 unspecified atom stereocenters. The van der Waals surface area contributed by atoms with E-state index in [9.17, 15) is 0 Å². The molecule has 0 saturated heterocycles. The summed E-state index contributed by atoms with van der Waals surface area (Å²) in [6, 6.07) is 10.0. The number of hydrogen-bond donors (Lipinski definition) is 1. The second kappa shape index (κ2) is 2.98. The second-order valence-corrected chi connectivity index (χ2v) is 3.43. The van der Waals surface area contributed by atoms with Crippen molar-refractivity contribution in [3.8, 4) is 5.88 Å². The lowest BCUT2D eigenvalue weighted by Gasteiger charge is -2.02. The van der Waals surface area contributed by atoms with Crippen molar-refractivity contribution in [1.29, 1.82) is 0 Å². The molecular weight excluding hydrogens is 188 g/mol. The first-order valence-corrected chi connectivity index (χ1v) is 4.79. The fourth-order valence-electron chi connectivity index (χ4n) is 1.82. The van der Waals surface area contributed by atoms with Crippen LogP contribution < -0.4 is 4.74 Å². The monoisotopic (exact) mass is 198 g/mol. The molecule has 0 aliphatic rings. The Morgan fingerprint density at radius 1 is 1.13 bits per heavy atom. The third kappa shape index (κ3) is 1.16. The van der Waals surface area contributed by atoms with E-state index in [0.717, 1.165) is 21.8 Å². The quantitative estimate of drug-likeness (QED) is 0.652. The van der Waals surface area contributed by atoms with Gasteiger partial charge in [0.2, 0.25) is 5.88 Å². The zero-order valence-electron chi connectivity index (χ0n) is 8.32. The van der Waals surface area contributed by atoms with Crippen LogP contribution >= 0.6 is 0 Å². The molecule has 0 radical (unpaired) electrons. The molecule has 0 aliphatic carbocycles. The summed E-state index contributed by atoms with van der Waals surface area (Å²) in [7, 11) is 1.63. The molecule has 0 bridgehead atoms. The van der Waals surface area contributed by atoms with Crippen molar-refractivity contribution in [3.63, 3.8) is 0 Å². The molecule has 3 aromatic rings. The first-order chi connectivity index (χ1) is 7.38. The zero-order valence-corrected chi connectivity index (χ0v) is 8.32. The number of ether oxygens (including phenoxy) is 1. The smallest absolute Gasteiger partial charge is 0.213 e. The minimum absolute atomic E-state index is 0.649. The van der Waals surface area contributed by atoms with E-state index < -0.39 is 0 Å². The molecule has 3 rings (SSSR count). The van der Waals surface area contributed by atoms with Crippen LogP contribution in [0.1, 0.15) is 0 Å². The van der Waals surface area contributed by atoms with Gasteiger partial charge in [0.1, 0.15) is 0 Å². The van der Waals surface area contributed by atoms with Gasteiger partial charge >= 0.3 is 0 Å². The Labute approximate surface area is 86.7 Å². The maximum absolute atomic E-state index is 5.13. The summed E-state index contributed by atoms with van der Waals surface area (Å²) < 4.78 is 5.13. The van der Waals surface area contributed by atoms with Gasteiger partial charge in [-0.3, -0.25) is 0 Å². The van der Waals surface area contributed by atoms with Crippen molar-refractivity contribution >= 4 is 21.8 Å². The Balaban J connectivity index is 2.48. The highest BCUT2D eigenvalue weighted by molar-refractivity contribution is 6.04. The molecule has 1 aromatic carbocycles. The fraction of sp³-hybridized carbons (Fsp3) is 0.0833. The molecule has 1 N–H and O–H groups in total. The summed E-state index contributed by atoms with van der Waals surface area (Å²) in [5, 5.41) is 2.26. The molecule has 0 saturated carbocycles. The van der Waals surface area contributed by atoms with E-state index in [1.807, 2.05) is 24.4 Å². The number of nitrogens with one attached hydrogen (secondary N) is 1. The van der Waals surface area contributed by atoms with Crippen molar-refractivity contribution in [2.24, 2.45) is 0 Å². The van der Waals surface area contributed by atoms with Crippen LogP contribution in [-0.4, -0.2) is 17.1 Å². The van der Waals surface area contributed by atoms with Gasteiger partial charge in [-0.25, -0.2) is 4.98 Å². The molecule has 2 aromatic heterocycles. The largest absolute Gasteiger partial charge is 0.481 e. The fourth-order valence-corrected chi connectivity index (χ4v) is 1.82. The average molecular weight is 198 g/mol. The Morgan fingerprint density at radius 2 is 2.00 bits per heavy atom. The molecule has 0 amide bonds. The van der Waals surface area contributed by atoms with Gasteiger partial charge in [-0.1, -0.05) is 6.07 Å². The minimum Gasteiger partial charge on any atom is -0.481 e. The minimum atomic E-state index is 0.649. The normalized spacial score (nSPS) is 11.0. The van der Waals surface area contributed by atoms with E-state index in [1.165, 1.54) is 0 Å². The van der Waals surface area contributed by atoms with Crippen molar-refractivity contribution in [2.75, 3.05) is 7.11 Å². The van der Waals surface area contributed by atoms with E-state index in [-0.39, 0.29) is 0 Å². The van der Waals surface area contributed by atoms with E-state index in [0.29, 0.717) is 5.88 Å². The van der Waals surface area contributed by atoms with Gasteiger partial charge in [0.15, 0.2) is 0 Å². The third-order valence-corrected chi connectivity index (χ3v) is 2.57. The summed E-state index contributed by atoms with van der Waals surface area (Å²) in [5.41, 5.74) is 2.08. The van der Waals surface area contributed by atoms with Crippen LogP contribution in [0.4, 0.5) is 0 Å². The van der Waals surface area contributed by atoms with Crippen LogP contribution in [0.15, 0.2) is 36.5 Å². The van der Waals surface area contributed by atoms with Crippen LogP contribution in [0.3, 0.4) is 0 Å². The van der Waals surface area contributed by atoms with Gasteiger partial charge in [-0.05, 0) is 18.2 Å². The maximum Gasteiger partial charge on any atom is 0.213 e. The molecule has 15 heavy (non-hydrogen) atoms. The number of aromatic nitrogens is 2. The van der Waals surface area contributed by atoms with Crippen LogP contribution in [0.25, 0.3) is 21.8 Å². The standard InChI is InChI=1S/C12H10N2O/c1-15-11-5-3-8-2-4-10-9(6-7-13-10)12(8)14-11/h2-7,13H,1H3. The molecule has 3 heteroatoms. The number of benzene rings is 1. The molecule has 3 nitrogen and oxygen atoms in total. The number of aromatic amines is 1. The number of hydrogen-bond acceptors (Lipinski definition) is 2. The van der Waals surface area contributed by atoms with Gasteiger partial charge in [-0.15, -0.1) is 0 Å². The van der Waals surface area contributed by atoms with E-state index in [2.05, 4.69) is 22.1 Å². The van der Waals surface area contributed by atoms with Crippen LogP contribution in [0.2, 0.25) is 0 Å². The van der Waals surface area contributed by atoms with Crippen LogP contribution in [0, 0.1) is 0 Å². The molecular formula is C12H10N2O. The first kappa shape index (κ1) is 8.29. The molecule has 0 spiro atoms. The third-order valence-electron chi connectivity index (χ3n) is 2.57. The highest BCUT2D eigenvalue weighted by atomic mass is 16.5. The first-order valence-electron chi connectivity index (χ1n) is 4.79. The van der Waals surface area contributed by atoms with Crippen LogP contribution in [0.5, 0.6) is 5.88 Å². The summed E-state index contributed by atoms with van der Waals surface area (Å²) in [4.78, 5) is 7.62. The number of fused-ring (bicyclic) bond motifs is 3. The number of rotatable bonds is 1. The summed E-state index contributed by atoms with van der Waals surface area (Å²) in [6.45, 7) is 0. The van der Waals surface area contributed by atoms with E-state index >= 15 is 0 Å². The van der Waals surface area contributed by atoms with Crippen molar-refractivity contribution < 1.29 is 4.74 Å². The van der Waals surface area contributed by atoms with Crippen molar-refractivity contribution in [3.05, 3.63) is 36.5 Å². The van der Waals surface area contributed by atoms with Crippen molar-refractivity contribution in [2.45, 2.75) is 0 Å². The molecule has 0 atom stereocenters. The number of nitrogens with zero attached hydrogens (tertiary/aromatic N) is 1. The molecule has 0 fully saturated rings. The molecule has 2 heterocycles. The molecule has 0 aliphatic heterocycles. The molecule has 74 valence electrons. The second-order valence-electron chi connectivity index (χ2n) is 3.43. The predicted molar refractivity (Wildman–Crippen MR) is 60.2 cm³/mol. The highest BCUT2D eigenvalue weighted by Gasteiger charge is 2.03. The van der Waals surface area contributed by atoms with Gasteiger partial charge in [0.05, 0.1) is 12.6 Å². The Hall–Kier alpha value is -2.03. The highest BCUT2D eigenvalue weighted by Crippen LogP contribution is 2.24. The predicted octanol–water partition coefficient (Wildman–Crippen LogP) is 2.72. The van der Waals surface area contributed by atoms with E-state index in [4.69, 9.17) is 4.74 Å². The Morgan fingerprint density at radius 3 is 2.87 bits per heavy atom. The van der Waals surface area contributed by atoms with Gasteiger partial charge in [0, 0.05) is 28.6 Å². The summed E-state index contributed by atoms with van der Waals surface area (Å²) in [6.07, 6.45) is 1.92. The van der Waals surface area contributed by atoms with Crippen molar-refractivity contribution in [1.82, 2.24) is 9.97 Å². The van der Waals surface area contributed by atoms with Gasteiger partial charge < -0.3 is 9.72 Å². The van der Waals surface area contributed by atoms with Gasteiger partial charge in [0.25, 0.3) is 0 Å².